The van der Waals surface area contributed by atoms with E-state index in [1.807, 2.05) is 0 Å². The number of aliphatic hydroxyl groups is 1. The molecule has 0 bridgehead atoms. The maximum absolute atomic E-state index is 12.7. The third kappa shape index (κ3) is 4.21. The van der Waals surface area contributed by atoms with Gasteiger partial charge in [-0.15, -0.1) is 0 Å². The van der Waals surface area contributed by atoms with Crippen molar-refractivity contribution in [3.8, 4) is 0 Å². The highest BCUT2D eigenvalue weighted by atomic mass is 19.1. The summed E-state index contributed by atoms with van der Waals surface area (Å²) in [4.78, 5) is 11.6. The van der Waals surface area contributed by atoms with Crippen molar-refractivity contribution in [1.29, 1.82) is 0 Å². The summed E-state index contributed by atoms with van der Waals surface area (Å²) in [6.45, 7) is 0.618. The fourth-order valence-electron chi connectivity index (χ4n) is 2.30. The van der Waals surface area contributed by atoms with Gasteiger partial charge in [-0.05, 0) is 30.5 Å². The number of hydrogen-bond acceptors (Lipinski definition) is 2. The highest BCUT2D eigenvalue weighted by Crippen LogP contribution is 2.28. The molecular formula is C14H19FN2O2. The molecule has 0 aromatic heterocycles. The first-order chi connectivity index (χ1) is 9.07. The normalized spacial score (nSPS) is 17.2. The van der Waals surface area contributed by atoms with Gasteiger partial charge in [-0.3, -0.25) is 0 Å². The predicted octanol–water partition coefficient (Wildman–Crippen LogP) is 1.93. The SMILES string of the molecule is O=C(NCc1ccc(F)cc1)NCC1(O)CCCC1. The van der Waals surface area contributed by atoms with E-state index in [0.29, 0.717) is 6.54 Å². The molecule has 0 radical (unpaired) electrons. The van der Waals surface area contributed by atoms with Crippen LogP contribution in [0.3, 0.4) is 0 Å². The number of benzene rings is 1. The lowest BCUT2D eigenvalue weighted by molar-refractivity contribution is 0.0501. The summed E-state index contributed by atoms with van der Waals surface area (Å²) in [7, 11) is 0. The zero-order valence-corrected chi connectivity index (χ0v) is 10.8. The summed E-state index contributed by atoms with van der Waals surface area (Å²) in [6, 6.07) is 5.65. The lowest BCUT2D eigenvalue weighted by Crippen LogP contribution is -2.44. The van der Waals surface area contributed by atoms with Crippen molar-refractivity contribution in [2.45, 2.75) is 37.8 Å². The fourth-order valence-corrected chi connectivity index (χ4v) is 2.30. The van der Waals surface area contributed by atoms with Gasteiger partial charge < -0.3 is 15.7 Å². The van der Waals surface area contributed by atoms with E-state index in [9.17, 15) is 14.3 Å². The number of carbonyl (C=O) groups excluding carboxylic acids is 1. The molecule has 1 aromatic rings. The maximum atomic E-state index is 12.7. The molecule has 0 heterocycles. The summed E-state index contributed by atoms with van der Waals surface area (Å²) in [5.41, 5.74) is 0.0869. The van der Waals surface area contributed by atoms with E-state index in [4.69, 9.17) is 0 Å². The quantitative estimate of drug-likeness (QED) is 0.780. The average molecular weight is 266 g/mol. The van der Waals surface area contributed by atoms with Crippen LogP contribution in [-0.4, -0.2) is 23.3 Å². The zero-order valence-electron chi connectivity index (χ0n) is 10.8. The molecule has 3 N–H and O–H groups in total. The van der Waals surface area contributed by atoms with Crippen molar-refractivity contribution in [2.75, 3.05) is 6.54 Å². The van der Waals surface area contributed by atoms with Crippen molar-refractivity contribution in [3.05, 3.63) is 35.6 Å². The van der Waals surface area contributed by atoms with Crippen LogP contribution in [0.5, 0.6) is 0 Å². The van der Waals surface area contributed by atoms with Gasteiger partial charge in [0.1, 0.15) is 5.82 Å². The third-order valence-electron chi connectivity index (χ3n) is 3.48. The molecule has 2 amide bonds. The molecule has 1 saturated carbocycles. The van der Waals surface area contributed by atoms with E-state index in [-0.39, 0.29) is 18.4 Å². The molecule has 0 aliphatic heterocycles. The van der Waals surface area contributed by atoms with E-state index >= 15 is 0 Å². The molecule has 5 heteroatoms. The molecule has 2 rings (SSSR count). The van der Waals surface area contributed by atoms with Gasteiger partial charge in [0.2, 0.25) is 0 Å². The van der Waals surface area contributed by atoms with Crippen LogP contribution in [0.1, 0.15) is 31.2 Å². The first kappa shape index (κ1) is 13.8. The molecule has 0 unspecified atom stereocenters. The number of rotatable bonds is 4. The molecule has 1 aromatic carbocycles. The Hall–Kier alpha value is -1.62. The summed E-state index contributed by atoms with van der Waals surface area (Å²) < 4.78 is 12.7. The maximum Gasteiger partial charge on any atom is 0.315 e. The molecular weight excluding hydrogens is 247 g/mol. The Kier molecular flexibility index (Phi) is 4.37. The van der Waals surface area contributed by atoms with Crippen LogP contribution in [-0.2, 0) is 6.54 Å². The van der Waals surface area contributed by atoms with Crippen molar-refractivity contribution in [3.63, 3.8) is 0 Å². The molecule has 1 aliphatic rings. The minimum atomic E-state index is -0.743. The summed E-state index contributed by atoms with van der Waals surface area (Å²) in [5.74, 6) is -0.295. The molecule has 0 spiro atoms. The van der Waals surface area contributed by atoms with Crippen LogP contribution in [0.15, 0.2) is 24.3 Å². The average Bonchev–Trinajstić information content (AvgIpc) is 2.83. The fraction of sp³-hybridized carbons (Fsp3) is 0.500. The van der Waals surface area contributed by atoms with Crippen LogP contribution >= 0.6 is 0 Å². The van der Waals surface area contributed by atoms with Crippen molar-refractivity contribution >= 4 is 6.03 Å². The minimum absolute atomic E-state index is 0.280. The van der Waals surface area contributed by atoms with Crippen molar-refractivity contribution in [1.82, 2.24) is 10.6 Å². The van der Waals surface area contributed by atoms with Crippen LogP contribution in [0.4, 0.5) is 9.18 Å². The number of urea groups is 1. The van der Waals surface area contributed by atoms with Gasteiger partial charge >= 0.3 is 6.03 Å². The molecule has 1 fully saturated rings. The predicted molar refractivity (Wildman–Crippen MR) is 70.1 cm³/mol. The van der Waals surface area contributed by atoms with E-state index in [2.05, 4.69) is 10.6 Å². The van der Waals surface area contributed by atoms with Crippen LogP contribution in [0.2, 0.25) is 0 Å². The highest BCUT2D eigenvalue weighted by molar-refractivity contribution is 5.73. The third-order valence-corrected chi connectivity index (χ3v) is 3.48. The number of amides is 2. The monoisotopic (exact) mass is 266 g/mol. The number of carbonyl (C=O) groups is 1. The molecule has 0 saturated heterocycles. The Morgan fingerprint density at radius 2 is 1.84 bits per heavy atom. The Morgan fingerprint density at radius 3 is 2.47 bits per heavy atom. The van der Waals surface area contributed by atoms with Gasteiger partial charge in [-0.2, -0.15) is 0 Å². The number of hydrogen-bond donors (Lipinski definition) is 3. The van der Waals surface area contributed by atoms with Crippen molar-refractivity contribution < 1.29 is 14.3 Å². The lowest BCUT2D eigenvalue weighted by Gasteiger charge is -2.22. The highest BCUT2D eigenvalue weighted by Gasteiger charge is 2.31. The number of nitrogens with one attached hydrogen (secondary N) is 2. The zero-order chi connectivity index (χ0) is 13.7. The van der Waals surface area contributed by atoms with Gasteiger partial charge in [0.05, 0.1) is 5.60 Å². The van der Waals surface area contributed by atoms with E-state index in [0.717, 1.165) is 31.2 Å². The van der Waals surface area contributed by atoms with E-state index in [1.54, 1.807) is 12.1 Å². The van der Waals surface area contributed by atoms with Gasteiger partial charge in [0, 0.05) is 13.1 Å². The first-order valence-electron chi connectivity index (χ1n) is 6.56. The summed E-state index contributed by atoms with van der Waals surface area (Å²) in [5, 5.41) is 15.4. The molecule has 4 nitrogen and oxygen atoms in total. The van der Waals surface area contributed by atoms with Gasteiger partial charge in [0.15, 0.2) is 0 Å². The second-order valence-electron chi connectivity index (χ2n) is 5.09. The Labute approximate surface area is 112 Å². The first-order valence-corrected chi connectivity index (χ1v) is 6.56. The second kappa shape index (κ2) is 6.02. The van der Waals surface area contributed by atoms with Crippen molar-refractivity contribution in [2.24, 2.45) is 0 Å². The molecule has 0 atom stereocenters. The smallest absolute Gasteiger partial charge is 0.315 e. The Morgan fingerprint density at radius 1 is 1.21 bits per heavy atom. The van der Waals surface area contributed by atoms with Crippen LogP contribution in [0.25, 0.3) is 0 Å². The van der Waals surface area contributed by atoms with Gasteiger partial charge in [-0.1, -0.05) is 25.0 Å². The molecule has 1 aliphatic carbocycles. The van der Waals surface area contributed by atoms with Crippen LogP contribution < -0.4 is 10.6 Å². The minimum Gasteiger partial charge on any atom is -0.388 e. The van der Waals surface area contributed by atoms with E-state index < -0.39 is 5.60 Å². The van der Waals surface area contributed by atoms with E-state index in [1.165, 1.54) is 12.1 Å². The molecule has 19 heavy (non-hydrogen) atoms. The Balaban J connectivity index is 1.71. The summed E-state index contributed by atoms with van der Waals surface area (Å²) in [6.07, 6.45) is 3.50. The van der Waals surface area contributed by atoms with Crippen LogP contribution in [0, 0.1) is 5.82 Å². The second-order valence-corrected chi connectivity index (χ2v) is 5.09. The summed E-state index contributed by atoms with van der Waals surface area (Å²) >= 11 is 0. The lowest BCUT2D eigenvalue weighted by atomic mass is 10.0. The standard InChI is InChI=1S/C14H19FN2O2/c15-12-5-3-11(4-6-12)9-16-13(18)17-10-14(19)7-1-2-8-14/h3-6,19H,1-2,7-10H2,(H2,16,17,18). The largest absolute Gasteiger partial charge is 0.388 e. The van der Waals surface area contributed by atoms with Gasteiger partial charge in [-0.25, -0.2) is 9.18 Å². The Bertz CT molecular complexity index is 428. The van der Waals surface area contributed by atoms with Gasteiger partial charge in [0.25, 0.3) is 0 Å². The molecule has 104 valence electrons. The topological polar surface area (TPSA) is 61.4 Å². The number of halogens is 1.